The molecule has 0 bridgehead atoms. The van der Waals surface area contributed by atoms with Gasteiger partial charge in [-0.3, -0.25) is 0 Å². The van der Waals surface area contributed by atoms with Gasteiger partial charge in [0.05, 0.1) is 0 Å². The highest BCUT2D eigenvalue weighted by molar-refractivity contribution is 6.15. The van der Waals surface area contributed by atoms with E-state index in [1.54, 1.807) is 0 Å². The van der Waals surface area contributed by atoms with Gasteiger partial charge in [-0.15, -0.1) is 0 Å². The summed E-state index contributed by atoms with van der Waals surface area (Å²) in [5, 5.41) is 4.33. The van der Waals surface area contributed by atoms with E-state index in [2.05, 4.69) is 109 Å². The fourth-order valence-corrected chi connectivity index (χ4v) is 6.52. The van der Waals surface area contributed by atoms with E-state index in [0.29, 0.717) is 17.5 Å². The summed E-state index contributed by atoms with van der Waals surface area (Å²) in [6, 6.07) is 56.3. The number of hydrogen-bond acceptors (Lipinski definition) is 4. The summed E-state index contributed by atoms with van der Waals surface area (Å²) in [4.78, 5) is 15.4. The van der Waals surface area contributed by atoms with Crippen LogP contribution >= 0.6 is 0 Å². The lowest BCUT2D eigenvalue weighted by atomic mass is 9.92. The largest absolute Gasteiger partial charge is 0.456 e. The van der Waals surface area contributed by atoms with Crippen LogP contribution in [0.15, 0.2) is 168 Å². The van der Waals surface area contributed by atoms with Gasteiger partial charge in [0, 0.05) is 33.0 Å². The quantitative estimate of drug-likeness (QED) is 0.197. The van der Waals surface area contributed by atoms with Crippen molar-refractivity contribution in [3.63, 3.8) is 0 Å². The Balaban J connectivity index is 1.33. The second kappa shape index (κ2) is 11.2. The summed E-state index contributed by atoms with van der Waals surface area (Å²) in [5.74, 6) is 1.87. The van der Waals surface area contributed by atoms with Gasteiger partial charge < -0.3 is 4.42 Å². The van der Waals surface area contributed by atoms with E-state index in [0.717, 1.165) is 66.1 Å². The fourth-order valence-electron chi connectivity index (χ4n) is 6.52. The first-order valence-corrected chi connectivity index (χ1v) is 15.7. The second-order valence-corrected chi connectivity index (χ2v) is 11.6. The molecule has 0 aliphatic rings. The van der Waals surface area contributed by atoms with Crippen LogP contribution in [0.2, 0.25) is 0 Å². The summed E-state index contributed by atoms with van der Waals surface area (Å²) >= 11 is 0. The Kier molecular flexibility index (Phi) is 6.43. The lowest BCUT2D eigenvalue weighted by Gasteiger charge is -2.14. The van der Waals surface area contributed by atoms with Crippen molar-refractivity contribution < 1.29 is 4.42 Å². The van der Waals surface area contributed by atoms with Gasteiger partial charge in [0.15, 0.2) is 17.5 Å². The summed E-state index contributed by atoms with van der Waals surface area (Å²) in [7, 11) is 0. The fraction of sp³-hybridized carbons (Fsp3) is 0. The minimum absolute atomic E-state index is 0.608. The van der Waals surface area contributed by atoms with E-state index in [4.69, 9.17) is 19.4 Å². The van der Waals surface area contributed by atoms with Crippen molar-refractivity contribution >= 4 is 32.7 Å². The van der Waals surface area contributed by atoms with Gasteiger partial charge in [0.25, 0.3) is 0 Å². The van der Waals surface area contributed by atoms with Crippen molar-refractivity contribution in [1.29, 1.82) is 0 Å². The molecule has 0 saturated carbocycles. The number of rotatable bonds is 5. The smallest absolute Gasteiger partial charge is 0.164 e. The number of para-hydroxylation sites is 1. The van der Waals surface area contributed by atoms with Crippen LogP contribution in [0, 0.1) is 0 Å². The number of hydrogen-bond donors (Lipinski definition) is 0. The van der Waals surface area contributed by atoms with E-state index in [1.807, 2.05) is 54.6 Å². The van der Waals surface area contributed by atoms with E-state index in [9.17, 15) is 0 Å². The third-order valence-electron chi connectivity index (χ3n) is 8.76. The van der Waals surface area contributed by atoms with Crippen LogP contribution in [0.3, 0.4) is 0 Å². The molecule has 0 N–H and O–H groups in total. The normalized spacial score (nSPS) is 11.4. The average Bonchev–Trinajstić information content (AvgIpc) is 3.54. The molecule has 4 heteroatoms. The molecule has 9 aromatic rings. The highest BCUT2D eigenvalue weighted by atomic mass is 16.3. The SMILES string of the molecule is c1ccc(-c2ccc(-c3c(-c4nc(-c5ccccc5)nc(-c5cccc6ccccc56)n4)ccc4oc5ccccc5c34)cc2)cc1. The lowest BCUT2D eigenvalue weighted by Crippen LogP contribution is -2.01. The summed E-state index contributed by atoms with van der Waals surface area (Å²) in [6.45, 7) is 0. The molecule has 0 atom stereocenters. The first-order chi connectivity index (χ1) is 23.3. The summed E-state index contributed by atoms with van der Waals surface area (Å²) in [6.07, 6.45) is 0. The molecule has 7 aromatic carbocycles. The molecular weight excluding hydrogens is 574 g/mol. The molecule has 0 aliphatic heterocycles. The number of fused-ring (bicyclic) bond motifs is 4. The molecule has 0 amide bonds. The minimum atomic E-state index is 0.608. The second-order valence-electron chi connectivity index (χ2n) is 11.6. The zero-order valence-electron chi connectivity index (χ0n) is 25.3. The number of benzene rings is 7. The van der Waals surface area contributed by atoms with Gasteiger partial charge in [0.2, 0.25) is 0 Å². The number of nitrogens with zero attached hydrogens (tertiary/aromatic N) is 3. The maximum absolute atomic E-state index is 6.38. The van der Waals surface area contributed by atoms with Crippen molar-refractivity contribution in [3.05, 3.63) is 164 Å². The van der Waals surface area contributed by atoms with Crippen molar-refractivity contribution in [1.82, 2.24) is 15.0 Å². The van der Waals surface area contributed by atoms with Crippen LogP contribution in [0.1, 0.15) is 0 Å². The van der Waals surface area contributed by atoms with Gasteiger partial charge in [0.1, 0.15) is 11.2 Å². The Morgan fingerprint density at radius 2 is 0.915 bits per heavy atom. The highest BCUT2D eigenvalue weighted by Crippen LogP contribution is 2.43. The molecule has 0 spiro atoms. The van der Waals surface area contributed by atoms with Gasteiger partial charge >= 0.3 is 0 Å². The van der Waals surface area contributed by atoms with Crippen molar-refractivity contribution in [3.8, 4) is 56.4 Å². The molecule has 0 radical (unpaired) electrons. The zero-order chi connectivity index (χ0) is 31.2. The molecule has 9 rings (SSSR count). The average molecular weight is 602 g/mol. The van der Waals surface area contributed by atoms with E-state index in [-0.39, 0.29) is 0 Å². The van der Waals surface area contributed by atoms with Crippen LogP contribution in [0.25, 0.3) is 89.1 Å². The summed E-state index contributed by atoms with van der Waals surface area (Å²) < 4.78 is 6.38. The van der Waals surface area contributed by atoms with Gasteiger partial charge in [-0.25, -0.2) is 15.0 Å². The first kappa shape index (κ1) is 27.0. The molecule has 0 saturated heterocycles. The standard InChI is InChI=1S/C43H27N3O/c1-3-12-28(13-4-1)29-22-24-31(25-23-29)39-36(26-27-38-40(39)35-19-9-10-21-37(35)47-38)43-45-41(32-15-5-2-6-16-32)44-42(46-43)34-20-11-17-30-14-7-8-18-33(30)34/h1-27H. The maximum atomic E-state index is 6.38. The molecule has 0 aliphatic carbocycles. The van der Waals surface area contributed by atoms with E-state index >= 15 is 0 Å². The first-order valence-electron chi connectivity index (χ1n) is 15.7. The monoisotopic (exact) mass is 601 g/mol. The number of furan rings is 1. The van der Waals surface area contributed by atoms with Crippen molar-refractivity contribution in [2.24, 2.45) is 0 Å². The summed E-state index contributed by atoms with van der Waals surface area (Å²) in [5.41, 5.74) is 8.90. The zero-order valence-corrected chi connectivity index (χ0v) is 25.3. The van der Waals surface area contributed by atoms with Crippen LogP contribution in [-0.2, 0) is 0 Å². The Morgan fingerprint density at radius 3 is 1.70 bits per heavy atom. The molecule has 0 fully saturated rings. The van der Waals surface area contributed by atoms with Crippen LogP contribution in [0.4, 0.5) is 0 Å². The highest BCUT2D eigenvalue weighted by Gasteiger charge is 2.21. The Hall–Kier alpha value is -6.39. The molecule has 0 unspecified atom stereocenters. The third-order valence-corrected chi connectivity index (χ3v) is 8.76. The Bertz CT molecular complexity index is 2550. The van der Waals surface area contributed by atoms with E-state index < -0.39 is 0 Å². The predicted octanol–water partition coefficient (Wildman–Crippen LogP) is 11.3. The molecule has 47 heavy (non-hydrogen) atoms. The molecule has 2 aromatic heterocycles. The lowest BCUT2D eigenvalue weighted by molar-refractivity contribution is 0.669. The topological polar surface area (TPSA) is 51.8 Å². The van der Waals surface area contributed by atoms with Crippen molar-refractivity contribution in [2.45, 2.75) is 0 Å². The predicted molar refractivity (Wildman–Crippen MR) is 192 cm³/mol. The van der Waals surface area contributed by atoms with Gasteiger partial charge in [-0.1, -0.05) is 146 Å². The molecular formula is C43H27N3O. The van der Waals surface area contributed by atoms with Gasteiger partial charge in [-0.05, 0) is 45.7 Å². The molecule has 220 valence electrons. The van der Waals surface area contributed by atoms with Crippen LogP contribution in [0.5, 0.6) is 0 Å². The van der Waals surface area contributed by atoms with Crippen molar-refractivity contribution in [2.75, 3.05) is 0 Å². The minimum Gasteiger partial charge on any atom is -0.456 e. The van der Waals surface area contributed by atoms with Crippen LogP contribution in [-0.4, -0.2) is 15.0 Å². The Morgan fingerprint density at radius 1 is 0.340 bits per heavy atom. The van der Waals surface area contributed by atoms with E-state index in [1.165, 1.54) is 5.56 Å². The van der Waals surface area contributed by atoms with Gasteiger partial charge in [-0.2, -0.15) is 0 Å². The number of aromatic nitrogens is 3. The van der Waals surface area contributed by atoms with Crippen LogP contribution < -0.4 is 0 Å². The molecule has 2 heterocycles. The Labute approximate surface area is 271 Å². The maximum Gasteiger partial charge on any atom is 0.164 e. The molecule has 4 nitrogen and oxygen atoms in total. The third kappa shape index (κ3) is 4.75.